The maximum absolute atomic E-state index is 13.9. The monoisotopic (exact) mass is 332 g/mol. The van der Waals surface area contributed by atoms with Gasteiger partial charge in [0.05, 0.1) is 5.01 Å². The lowest BCUT2D eigenvalue weighted by Gasteiger charge is -2.17. The molecule has 0 aliphatic carbocycles. The molecule has 0 radical (unpaired) electrons. The van der Waals surface area contributed by atoms with Crippen molar-refractivity contribution in [2.45, 2.75) is 12.5 Å². The van der Waals surface area contributed by atoms with Crippen LogP contribution in [0.2, 0.25) is 0 Å². The molecule has 0 amide bonds. The number of thiazole rings is 1. The standard InChI is InChI=1S/C12H11BrF2N2S/c1-16-10(6-11-17-2-3-18-11)12-8(14)4-7(13)5-9(12)15/h2-5,10,16H,6H2,1H3. The molecule has 1 aromatic heterocycles. The fraction of sp³-hybridized carbons (Fsp3) is 0.250. The molecule has 0 saturated heterocycles. The van der Waals surface area contributed by atoms with E-state index in [4.69, 9.17) is 0 Å². The van der Waals surface area contributed by atoms with E-state index in [-0.39, 0.29) is 5.56 Å². The maximum Gasteiger partial charge on any atom is 0.132 e. The first-order valence-electron chi connectivity index (χ1n) is 5.32. The third-order valence-electron chi connectivity index (χ3n) is 2.60. The summed E-state index contributed by atoms with van der Waals surface area (Å²) in [5.74, 6) is -1.12. The van der Waals surface area contributed by atoms with Gasteiger partial charge in [0.2, 0.25) is 0 Å². The summed E-state index contributed by atoms with van der Waals surface area (Å²) >= 11 is 4.54. The second-order valence-corrected chi connectivity index (χ2v) is 5.65. The van der Waals surface area contributed by atoms with Crippen LogP contribution in [0.25, 0.3) is 0 Å². The minimum atomic E-state index is -0.558. The van der Waals surface area contributed by atoms with Gasteiger partial charge in [-0.1, -0.05) is 15.9 Å². The topological polar surface area (TPSA) is 24.9 Å². The number of benzene rings is 1. The minimum absolute atomic E-state index is 0.0518. The summed E-state index contributed by atoms with van der Waals surface area (Å²) in [5, 5.41) is 5.62. The Bertz CT molecular complexity index is 508. The lowest BCUT2D eigenvalue weighted by atomic mass is 10.0. The van der Waals surface area contributed by atoms with Crippen LogP contribution in [0.1, 0.15) is 16.6 Å². The van der Waals surface area contributed by atoms with Crippen LogP contribution in [0.4, 0.5) is 8.78 Å². The minimum Gasteiger partial charge on any atom is -0.312 e. The molecule has 0 spiro atoms. The average Bonchev–Trinajstić information content (AvgIpc) is 2.79. The summed E-state index contributed by atoms with van der Waals surface area (Å²) in [6.07, 6.45) is 2.14. The second kappa shape index (κ2) is 5.86. The molecule has 0 bridgehead atoms. The smallest absolute Gasteiger partial charge is 0.132 e. The Balaban J connectivity index is 2.33. The van der Waals surface area contributed by atoms with Gasteiger partial charge in [-0.05, 0) is 19.2 Å². The van der Waals surface area contributed by atoms with Crippen LogP contribution in [0, 0.1) is 11.6 Å². The van der Waals surface area contributed by atoms with Crippen molar-refractivity contribution >= 4 is 27.3 Å². The highest BCUT2D eigenvalue weighted by Crippen LogP contribution is 2.27. The largest absolute Gasteiger partial charge is 0.312 e. The summed E-state index contributed by atoms with van der Waals surface area (Å²) < 4.78 is 28.1. The number of hydrogen-bond donors (Lipinski definition) is 1. The van der Waals surface area contributed by atoms with Crippen molar-refractivity contribution in [3.8, 4) is 0 Å². The number of nitrogens with one attached hydrogen (secondary N) is 1. The molecule has 2 rings (SSSR count). The van der Waals surface area contributed by atoms with Gasteiger partial charge in [-0.15, -0.1) is 11.3 Å². The van der Waals surface area contributed by atoms with Gasteiger partial charge in [0.15, 0.2) is 0 Å². The molecule has 0 fully saturated rings. The third kappa shape index (κ3) is 2.93. The number of aromatic nitrogens is 1. The predicted octanol–water partition coefficient (Wildman–Crippen LogP) is 3.69. The van der Waals surface area contributed by atoms with Crippen LogP contribution in [0.3, 0.4) is 0 Å². The molecule has 96 valence electrons. The Hall–Kier alpha value is -0.850. The van der Waals surface area contributed by atoms with Crippen molar-refractivity contribution in [3.63, 3.8) is 0 Å². The van der Waals surface area contributed by atoms with E-state index in [1.165, 1.54) is 23.5 Å². The highest BCUT2D eigenvalue weighted by molar-refractivity contribution is 9.10. The lowest BCUT2D eigenvalue weighted by Crippen LogP contribution is -2.21. The van der Waals surface area contributed by atoms with Gasteiger partial charge in [-0.25, -0.2) is 13.8 Å². The zero-order chi connectivity index (χ0) is 13.1. The van der Waals surface area contributed by atoms with E-state index in [0.29, 0.717) is 10.9 Å². The number of rotatable bonds is 4. The van der Waals surface area contributed by atoms with E-state index in [2.05, 4.69) is 26.2 Å². The van der Waals surface area contributed by atoms with Crippen molar-refractivity contribution in [1.29, 1.82) is 0 Å². The number of halogens is 3. The van der Waals surface area contributed by atoms with Crippen molar-refractivity contribution < 1.29 is 8.78 Å². The van der Waals surface area contributed by atoms with Crippen LogP contribution in [0.15, 0.2) is 28.2 Å². The molecular weight excluding hydrogens is 322 g/mol. The molecule has 1 N–H and O–H groups in total. The van der Waals surface area contributed by atoms with Crippen LogP contribution in [-0.2, 0) is 6.42 Å². The summed E-state index contributed by atoms with van der Waals surface area (Å²) in [4.78, 5) is 4.13. The Kier molecular flexibility index (Phi) is 4.42. The number of nitrogens with zero attached hydrogens (tertiary/aromatic N) is 1. The summed E-state index contributed by atoms with van der Waals surface area (Å²) in [6, 6.07) is 2.11. The molecule has 18 heavy (non-hydrogen) atoms. The Morgan fingerprint density at radius 3 is 2.56 bits per heavy atom. The molecule has 1 heterocycles. The zero-order valence-electron chi connectivity index (χ0n) is 9.58. The quantitative estimate of drug-likeness (QED) is 0.923. The van der Waals surface area contributed by atoms with Gasteiger partial charge in [0, 0.05) is 34.1 Å². The fourth-order valence-corrected chi connectivity index (χ4v) is 2.83. The highest BCUT2D eigenvalue weighted by Gasteiger charge is 2.20. The molecule has 2 aromatic rings. The van der Waals surface area contributed by atoms with E-state index in [1.807, 2.05) is 5.38 Å². The number of likely N-dealkylation sites (N-methyl/N-ethyl adjacent to an activating group) is 1. The summed E-state index contributed by atoms with van der Waals surface area (Å²) in [5.41, 5.74) is 0.0518. The maximum atomic E-state index is 13.9. The molecule has 1 atom stereocenters. The van der Waals surface area contributed by atoms with Crippen molar-refractivity contribution in [1.82, 2.24) is 10.3 Å². The third-order valence-corrected chi connectivity index (χ3v) is 3.86. The van der Waals surface area contributed by atoms with Crippen LogP contribution in [-0.4, -0.2) is 12.0 Å². The van der Waals surface area contributed by atoms with E-state index < -0.39 is 17.7 Å². The summed E-state index contributed by atoms with van der Waals surface area (Å²) in [7, 11) is 1.68. The van der Waals surface area contributed by atoms with E-state index in [9.17, 15) is 8.78 Å². The van der Waals surface area contributed by atoms with E-state index in [1.54, 1.807) is 13.2 Å². The van der Waals surface area contributed by atoms with Crippen LogP contribution < -0.4 is 5.32 Å². The lowest BCUT2D eigenvalue weighted by molar-refractivity contribution is 0.488. The van der Waals surface area contributed by atoms with Crippen LogP contribution >= 0.6 is 27.3 Å². The Morgan fingerprint density at radius 1 is 1.39 bits per heavy atom. The van der Waals surface area contributed by atoms with Gasteiger partial charge in [0.1, 0.15) is 11.6 Å². The van der Waals surface area contributed by atoms with Gasteiger partial charge >= 0.3 is 0 Å². The Morgan fingerprint density at radius 2 is 2.06 bits per heavy atom. The first-order valence-corrected chi connectivity index (χ1v) is 6.99. The molecule has 2 nitrogen and oxygen atoms in total. The first-order chi connectivity index (χ1) is 8.61. The molecular formula is C12H11BrF2N2S. The van der Waals surface area contributed by atoms with Crippen molar-refractivity contribution in [2.24, 2.45) is 0 Å². The van der Waals surface area contributed by atoms with Crippen molar-refractivity contribution in [3.05, 3.63) is 50.4 Å². The van der Waals surface area contributed by atoms with Gasteiger partial charge in [-0.2, -0.15) is 0 Å². The molecule has 1 aromatic carbocycles. The highest BCUT2D eigenvalue weighted by atomic mass is 79.9. The van der Waals surface area contributed by atoms with Gasteiger partial charge in [-0.3, -0.25) is 0 Å². The molecule has 1 unspecified atom stereocenters. The Labute approximate surface area is 116 Å². The van der Waals surface area contributed by atoms with Crippen LogP contribution in [0.5, 0.6) is 0 Å². The summed E-state index contributed by atoms with van der Waals surface area (Å²) in [6.45, 7) is 0. The van der Waals surface area contributed by atoms with Crippen molar-refractivity contribution in [2.75, 3.05) is 7.05 Å². The molecule has 0 saturated carbocycles. The first kappa shape index (κ1) is 13.6. The fourth-order valence-electron chi connectivity index (χ4n) is 1.76. The number of hydrogen-bond acceptors (Lipinski definition) is 3. The molecule has 0 aliphatic rings. The van der Waals surface area contributed by atoms with E-state index >= 15 is 0 Å². The van der Waals surface area contributed by atoms with E-state index in [0.717, 1.165) is 5.01 Å². The van der Waals surface area contributed by atoms with Gasteiger partial charge < -0.3 is 5.32 Å². The average molecular weight is 333 g/mol. The SMILES string of the molecule is CNC(Cc1nccs1)c1c(F)cc(Br)cc1F. The normalized spacial score (nSPS) is 12.7. The molecule has 6 heteroatoms. The second-order valence-electron chi connectivity index (χ2n) is 3.75. The zero-order valence-corrected chi connectivity index (χ0v) is 12.0. The molecule has 0 aliphatic heterocycles. The predicted molar refractivity (Wildman–Crippen MR) is 71.7 cm³/mol. The van der Waals surface area contributed by atoms with Gasteiger partial charge in [0.25, 0.3) is 0 Å².